The van der Waals surface area contributed by atoms with Gasteiger partial charge in [0, 0.05) is 27.7 Å². The fourth-order valence-electron chi connectivity index (χ4n) is 2.83. The lowest BCUT2D eigenvalue weighted by molar-refractivity contribution is -0.118. The van der Waals surface area contributed by atoms with Gasteiger partial charge in [-0.15, -0.1) is 0 Å². The zero-order chi connectivity index (χ0) is 19.3. The first-order chi connectivity index (χ1) is 12.5. The van der Waals surface area contributed by atoms with Crippen LogP contribution < -0.4 is 10.5 Å². The van der Waals surface area contributed by atoms with Crippen molar-refractivity contribution in [2.24, 2.45) is 0 Å². The Balaban J connectivity index is 2.73. The van der Waals surface area contributed by atoms with Crippen LogP contribution in [0.4, 0.5) is 5.82 Å². The van der Waals surface area contributed by atoms with Crippen LogP contribution in [0.2, 0.25) is 0 Å². The van der Waals surface area contributed by atoms with Gasteiger partial charge >= 0.3 is 0 Å². The number of aryl methyl sites for hydroxylation is 1. The topological polar surface area (TPSA) is 86.6 Å². The minimum absolute atomic E-state index is 0.0609. The molecule has 2 heterocycles. The second-order valence-corrected chi connectivity index (χ2v) is 5.97. The fourth-order valence-corrected chi connectivity index (χ4v) is 2.83. The van der Waals surface area contributed by atoms with Crippen LogP contribution in [-0.2, 0) is 20.7 Å². The maximum atomic E-state index is 12.9. The largest absolute Gasteiger partial charge is 0.382 e. The van der Waals surface area contributed by atoms with Gasteiger partial charge in [-0.3, -0.25) is 19.1 Å². The summed E-state index contributed by atoms with van der Waals surface area (Å²) in [6.07, 6.45) is 0.878. The SMILES string of the molecule is CCC(=O)N(C)c1ccc2nc(CC)c(=O)n(C(COC)COC)c2n1. The van der Waals surface area contributed by atoms with E-state index in [2.05, 4.69) is 9.97 Å². The summed E-state index contributed by atoms with van der Waals surface area (Å²) in [6.45, 7) is 4.27. The number of methoxy groups -OCH3 is 2. The van der Waals surface area contributed by atoms with Gasteiger partial charge in [0.15, 0.2) is 5.65 Å². The maximum absolute atomic E-state index is 12.9. The number of rotatable bonds is 8. The summed E-state index contributed by atoms with van der Waals surface area (Å²) >= 11 is 0. The molecule has 8 nitrogen and oxygen atoms in total. The molecule has 0 N–H and O–H groups in total. The Bertz CT molecular complexity index is 828. The predicted octanol–water partition coefficient (Wildman–Crippen LogP) is 1.56. The van der Waals surface area contributed by atoms with Crippen LogP contribution in [-0.4, -0.2) is 54.9 Å². The number of anilines is 1. The Hall–Kier alpha value is -2.32. The molecule has 26 heavy (non-hydrogen) atoms. The normalized spacial score (nSPS) is 11.3. The molecule has 0 aliphatic heterocycles. The molecule has 1 amide bonds. The number of hydrogen-bond donors (Lipinski definition) is 0. The first kappa shape index (κ1) is 20.0. The number of carbonyl (C=O) groups is 1. The van der Waals surface area contributed by atoms with E-state index in [1.807, 2.05) is 6.92 Å². The van der Waals surface area contributed by atoms with Gasteiger partial charge in [0.1, 0.15) is 17.0 Å². The number of carbonyl (C=O) groups excluding carboxylic acids is 1. The molecule has 0 fully saturated rings. The lowest BCUT2D eigenvalue weighted by Gasteiger charge is -2.22. The number of ether oxygens (including phenoxy) is 2. The first-order valence-corrected chi connectivity index (χ1v) is 8.64. The smallest absolute Gasteiger partial charge is 0.274 e. The minimum atomic E-state index is -0.344. The number of amides is 1. The number of fused-ring (bicyclic) bond motifs is 1. The molecule has 0 aliphatic rings. The zero-order valence-corrected chi connectivity index (χ0v) is 16.0. The molecule has 0 aliphatic carbocycles. The minimum Gasteiger partial charge on any atom is -0.382 e. The van der Waals surface area contributed by atoms with Crippen molar-refractivity contribution < 1.29 is 14.3 Å². The molecule has 0 aromatic carbocycles. The third-order valence-corrected chi connectivity index (χ3v) is 4.23. The van der Waals surface area contributed by atoms with Crippen molar-refractivity contribution in [3.63, 3.8) is 0 Å². The van der Waals surface area contributed by atoms with Gasteiger partial charge in [-0.25, -0.2) is 9.97 Å². The number of aromatic nitrogens is 3. The summed E-state index contributed by atoms with van der Waals surface area (Å²) in [7, 11) is 4.81. The Morgan fingerprint density at radius 2 is 1.85 bits per heavy atom. The molecular weight excluding hydrogens is 336 g/mol. The highest BCUT2D eigenvalue weighted by atomic mass is 16.5. The van der Waals surface area contributed by atoms with Crippen LogP contribution in [0.15, 0.2) is 16.9 Å². The van der Waals surface area contributed by atoms with Crippen LogP contribution in [0, 0.1) is 0 Å². The molecule has 2 rings (SSSR count). The molecule has 0 unspecified atom stereocenters. The number of pyridine rings is 1. The summed E-state index contributed by atoms with van der Waals surface area (Å²) in [5.74, 6) is 0.409. The Kier molecular flexibility index (Phi) is 6.82. The van der Waals surface area contributed by atoms with Gasteiger partial charge in [0.25, 0.3) is 5.56 Å². The molecule has 0 saturated carbocycles. The standard InChI is InChI=1S/C18H26N4O4/c1-6-13-18(24)22(12(10-25-4)11-26-5)17-14(19-13)8-9-15(20-17)21(3)16(23)7-2/h8-9,12H,6-7,10-11H2,1-5H3. The summed E-state index contributed by atoms with van der Waals surface area (Å²) in [4.78, 5) is 35.4. The van der Waals surface area contributed by atoms with E-state index in [4.69, 9.17) is 9.47 Å². The van der Waals surface area contributed by atoms with Crippen molar-refractivity contribution in [2.45, 2.75) is 32.7 Å². The zero-order valence-electron chi connectivity index (χ0n) is 16.0. The molecule has 8 heteroatoms. The third-order valence-electron chi connectivity index (χ3n) is 4.23. The predicted molar refractivity (Wildman–Crippen MR) is 99.7 cm³/mol. The Labute approximate surface area is 152 Å². The molecular formula is C18H26N4O4. The number of hydrogen-bond acceptors (Lipinski definition) is 6. The van der Waals surface area contributed by atoms with E-state index in [-0.39, 0.29) is 17.5 Å². The summed E-state index contributed by atoms with van der Waals surface area (Å²) in [6, 6.07) is 3.17. The average Bonchev–Trinajstić information content (AvgIpc) is 2.65. The fraction of sp³-hybridized carbons (Fsp3) is 0.556. The van der Waals surface area contributed by atoms with E-state index in [1.54, 1.807) is 44.9 Å². The van der Waals surface area contributed by atoms with Crippen molar-refractivity contribution in [3.8, 4) is 0 Å². The first-order valence-electron chi connectivity index (χ1n) is 8.64. The van der Waals surface area contributed by atoms with E-state index in [1.165, 1.54) is 4.90 Å². The van der Waals surface area contributed by atoms with Gasteiger partial charge in [-0.05, 0) is 18.6 Å². The van der Waals surface area contributed by atoms with Crippen molar-refractivity contribution in [2.75, 3.05) is 39.4 Å². The Morgan fingerprint density at radius 1 is 1.19 bits per heavy atom. The van der Waals surface area contributed by atoms with Crippen LogP contribution in [0.5, 0.6) is 0 Å². The molecule has 0 spiro atoms. The van der Waals surface area contributed by atoms with Crippen molar-refractivity contribution in [1.82, 2.24) is 14.5 Å². The molecule has 142 valence electrons. The van der Waals surface area contributed by atoms with Gasteiger partial charge in [0.05, 0.1) is 19.3 Å². The van der Waals surface area contributed by atoms with Crippen molar-refractivity contribution in [3.05, 3.63) is 28.2 Å². The number of nitrogens with zero attached hydrogens (tertiary/aromatic N) is 4. The summed E-state index contributed by atoms with van der Waals surface area (Å²) in [5.41, 5.74) is 1.26. The highest BCUT2D eigenvalue weighted by molar-refractivity contribution is 5.92. The second-order valence-electron chi connectivity index (χ2n) is 5.97. The molecule has 2 aromatic heterocycles. The van der Waals surface area contributed by atoms with Crippen molar-refractivity contribution >= 4 is 22.9 Å². The third kappa shape index (κ3) is 3.91. The van der Waals surface area contributed by atoms with Crippen LogP contribution in [0.3, 0.4) is 0 Å². The van der Waals surface area contributed by atoms with E-state index in [0.717, 1.165) is 0 Å². The summed E-state index contributed by atoms with van der Waals surface area (Å²) < 4.78 is 12.1. The van der Waals surface area contributed by atoms with Crippen molar-refractivity contribution in [1.29, 1.82) is 0 Å². The molecule has 2 aromatic rings. The van der Waals surface area contributed by atoms with Gasteiger partial charge in [-0.2, -0.15) is 0 Å². The van der Waals surface area contributed by atoms with E-state index >= 15 is 0 Å². The quantitative estimate of drug-likeness (QED) is 0.708. The van der Waals surface area contributed by atoms with E-state index in [0.29, 0.717) is 48.7 Å². The van der Waals surface area contributed by atoms with Crippen LogP contribution in [0.1, 0.15) is 32.0 Å². The van der Waals surface area contributed by atoms with E-state index < -0.39 is 0 Å². The lowest BCUT2D eigenvalue weighted by atomic mass is 10.2. The second kappa shape index (κ2) is 8.86. The molecule has 0 atom stereocenters. The van der Waals surface area contributed by atoms with Gasteiger partial charge < -0.3 is 9.47 Å². The average molecular weight is 362 g/mol. The Morgan fingerprint density at radius 3 is 2.38 bits per heavy atom. The highest BCUT2D eigenvalue weighted by Gasteiger charge is 2.21. The maximum Gasteiger partial charge on any atom is 0.274 e. The molecule has 0 radical (unpaired) electrons. The molecule has 0 saturated heterocycles. The lowest BCUT2D eigenvalue weighted by Crippen LogP contribution is -2.34. The monoisotopic (exact) mass is 362 g/mol. The molecule has 0 bridgehead atoms. The summed E-state index contributed by atoms with van der Waals surface area (Å²) in [5, 5.41) is 0. The van der Waals surface area contributed by atoms with Crippen LogP contribution >= 0.6 is 0 Å². The highest BCUT2D eigenvalue weighted by Crippen LogP contribution is 2.19. The van der Waals surface area contributed by atoms with Gasteiger partial charge in [0.2, 0.25) is 5.91 Å². The van der Waals surface area contributed by atoms with Crippen LogP contribution in [0.25, 0.3) is 11.2 Å². The van der Waals surface area contributed by atoms with Gasteiger partial charge in [-0.1, -0.05) is 13.8 Å². The van der Waals surface area contributed by atoms with E-state index in [9.17, 15) is 9.59 Å².